The summed E-state index contributed by atoms with van der Waals surface area (Å²) in [5, 5.41) is 3.82. The van der Waals surface area contributed by atoms with Crippen molar-refractivity contribution in [1.29, 1.82) is 0 Å². The minimum atomic E-state index is 0.655. The highest BCUT2D eigenvalue weighted by atomic mass is 16.5. The molecule has 110 valence electrons. The van der Waals surface area contributed by atoms with Crippen molar-refractivity contribution in [3.05, 3.63) is 35.4 Å². The molecule has 0 aromatic heterocycles. The Morgan fingerprint density at radius 2 is 1.95 bits per heavy atom. The van der Waals surface area contributed by atoms with E-state index < -0.39 is 0 Å². The van der Waals surface area contributed by atoms with Crippen LogP contribution in [0.25, 0.3) is 0 Å². The molecule has 2 aliphatic carbocycles. The summed E-state index contributed by atoms with van der Waals surface area (Å²) in [5.41, 5.74) is 3.31. The second-order valence-corrected chi connectivity index (χ2v) is 6.65. The van der Waals surface area contributed by atoms with Crippen LogP contribution in [-0.4, -0.2) is 13.2 Å². The van der Waals surface area contributed by atoms with Crippen LogP contribution in [0.5, 0.6) is 0 Å². The van der Waals surface area contributed by atoms with Crippen LogP contribution >= 0.6 is 0 Å². The summed E-state index contributed by atoms with van der Waals surface area (Å²) < 4.78 is 5.21. The van der Waals surface area contributed by atoms with Crippen LogP contribution in [0.3, 0.4) is 0 Å². The number of benzene rings is 1. The average Bonchev–Trinajstić information content (AvgIpc) is 2.48. The van der Waals surface area contributed by atoms with Crippen molar-refractivity contribution in [2.75, 3.05) is 7.11 Å². The van der Waals surface area contributed by atoms with E-state index in [1.807, 2.05) is 0 Å². The second kappa shape index (κ2) is 6.28. The van der Waals surface area contributed by atoms with Crippen molar-refractivity contribution in [2.45, 2.75) is 64.1 Å². The number of ether oxygens (including phenoxy) is 1. The lowest BCUT2D eigenvalue weighted by atomic mass is 9.57. The molecule has 2 fully saturated rings. The zero-order chi connectivity index (χ0) is 13.8. The first kappa shape index (κ1) is 14.1. The van der Waals surface area contributed by atoms with Crippen molar-refractivity contribution in [3.63, 3.8) is 0 Å². The van der Waals surface area contributed by atoms with Crippen molar-refractivity contribution in [3.8, 4) is 0 Å². The molecule has 1 unspecified atom stereocenters. The van der Waals surface area contributed by atoms with Crippen LogP contribution in [0, 0.1) is 5.41 Å². The quantitative estimate of drug-likeness (QED) is 0.874. The van der Waals surface area contributed by atoms with E-state index in [0.29, 0.717) is 12.0 Å². The first-order valence-electron chi connectivity index (χ1n) is 8.13. The van der Waals surface area contributed by atoms with Gasteiger partial charge in [0, 0.05) is 19.7 Å². The van der Waals surface area contributed by atoms with Gasteiger partial charge >= 0.3 is 0 Å². The lowest BCUT2D eigenvalue weighted by Crippen LogP contribution is -2.53. The molecule has 0 radical (unpaired) electrons. The SMILES string of the molecule is COCc1cccc(CNC2CCC23CCCCC3)c1. The van der Waals surface area contributed by atoms with Crippen LogP contribution in [-0.2, 0) is 17.9 Å². The van der Waals surface area contributed by atoms with Crippen molar-refractivity contribution in [2.24, 2.45) is 5.41 Å². The Bertz CT molecular complexity index is 437. The fraction of sp³-hybridized carbons (Fsp3) is 0.667. The van der Waals surface area contributed by atoms with Gasteiger partial charge in [0.25, 0.3) is 0 Å². The van der Waals surface area contributed by atoms with Gasteiger partial charge < -0.3 is 10.1 Å². The summed E-state index contributed by atoms with van der Waals surface area (Å²) >= 11 is 0. The molecule has 1 N–H and O–H groups in total. The normalized spacial score (nSPS) is 24.6. The topological polar surface area (TPSA) is 21.3 Å². The Balaban J connectivity index is 1.55. The van der Waals surface area contributed by atoms with Gasteiger partial charge in [-0.1, -0.05) is 43.5 Å². The molecule has 0 saturated heterocycles. The van der Waals surface area contributed by atoms with Crippen molar-refractivity contribution in [1.82, 2.24) is 5.32 Å². The highest BCUT2D eigenvalue weighted by Crippen LogP contribution is 2.51. The van der Waals surface area contributed by atoms with E-state index in [0.717, 1.165) is 12.6 Å². The summed E-state index contributed by atoms with van der Waals surface area (Å²) in [7, 11) is 1.76. The van der Waals surface area contributed by atoms with Gasteiger partial charge in [0.15, 0.2) is 0 Å². The lowest BCUT2D eigenvalue weighted by molar-refractivity contribution is 0.0221. The Morgan fingerprint density at radius 1 is 1.15 bits per heavy atom. The molecule has 20 heavy (non-hydrogen) atoms. The van der Waals surface area contributed by atoms with E-state index in [-0.39, 0.29) is 0 Å². The van der Waals surface area contributed by atoms with Gasteiger partial charge in [-0.05, 0) is 42.2 Å². The molecular formula is C18H27NO. The van der Waals surface area contributed by atoms with E-state index >= 15 is 0 Å². The molecular weight excluding hydrogens is 246 g/mol. The largest absolute Gasteiger partial charge is 0.380 e. The molecule has 1 spiro atoms. The van der Waals surface area contributed by atoms with Gasteiger partial charge in [-0.3, -0.25) is 0 Å². The van der Waals surface area contributed by atoms with Crippen LogP contribution in [0.1, 0.15) is 56.1 Å². The third-order valence-electron chi connectivity index (χ3n) is 5.37. The molecule has 1 aromatic carbocycles. The fourth-order valence-corrected chi connectivity index (χ4v) is 4.11. The zero-order valence-corrected chi connectivity index (χ0v) is 12.7. The highest BCUT2D eigenvalue weighted by molar-refractivity contribution is 5.23. The van der Waals surface area contributed by atoms with Gasteiger partial charge in [-0.25, -0.2) is 0 Å². The van der Waals surface area contributed by atoms with Crippen LogP contribution in [0.15, 0.2) is 24.3 Å². The van der Waals surface area contributed by atoms with E-state index in [1.165, 1.54) is 56.1 Å². The van der Waals surface area contributed by atoms with E-state index in [2.05, 4.69) is 29.6 Å². The first-order chi connectivity index (χ1) is 9.82. The van der Waals surface area contributed by atoms with E-state index in [4.69, 9.17) is 4.74 Å². The predicted molar refractivity (Wildman–Crippen MR) is 82.5 cm³/mol. The zero-order valence-electron chi connectivity index (χ0n) is 12.7. The molecule has 0 amide bonds. The molecule has 2 saturated carbocycles. The smallest absolute Gasteiger partial charge is 0.0713 e. The lowest BCUT2D eigenvalue weighted by Gasteiger charge is -2.52. The maximum absolute atomic E-state index is 5.21. The van der Waals surface area contributed by atoms with Gasteiger partial charge in [0.1, 0.15) is 0 Å². The third-order valence-corrected chi connectivity index (χ3v) is 5.37. The number of hydrogen-bond donors (Lipinski definition) is 1. The molecule has 0 aliphatic heterocycles. The Morgan fingerprint density at radius 3 is 2.65 bits per heavy atom. The van der Waals surface area contributed by atoms with Gasteiger partial charge in [0.05, 0.1) is 6.61 Å². The molecule has 3 rings (SSSR count). The monoisotopic (exact) mass is 273 g/mol. The molecule has 2 nitrogen and oxygen atoms in total. The molecule has 2 aliphatic rings. The van der Waals surface area contributed by atoms with Gasteiger partial charge in [0.2, 0.25) is 0 Å². The van der Waals surface area contributed by atoms with Gasteiger partial charge in [-0.15, -0.1) is 0 Å². The van der Waals surface area contributed by atoms with Gasteiger partial charge in [-0.2, -0.15) is 0 Å². The van der Waals surface area contributed by atoms with Crippen molar-refractivity contribution >= 4 is 0 Å². The minimum absolute atomic E-state index is 0.655. The first-order valence-corrected chi connectivity index (χ1v) is 8.13. The van der Waals surface area contributed by atoms with Crippen LogP contribution < -0.4 is 5.32 Å². The summed E-state index contributed by atoms with van der Waals surface area (Å²) in [6.45, 7) is 1.71. The molecule has 1 aromatic rings. The number of methoxy groups -OCH3 is 1. The number of hydrogen-bond acceptors (Lipinski definition) is 2. The molecule has 2 heteroatoms. The standard InChI is InChI=1S/C18H27NO/c1-20-14-16-7-5-6-15(12-16)13-19-17-8-11-18(17)9-3-2-4-10-18/h5-7,12,17,19H,2-4,8-11,13-14H2,1H3. The predicted octanol–water partition coefficient (Wildman–Crippen LogP) is 4.04. The third kappa shape index (κ3) is 2.91. The Labute approximate surface area is 122 Å². The van der Waals surface area contributed by atoms with Crippen LogP contribution in [0.4, 0.5) is 0 Å². The maximum Gasteiger partial charge on any atom is 0.0713 e. The second-order valence-electron chi connectivity index (χ2n) is 6.65. The van der Waals surface area contributed by atoms with Crippen LogP contribution in [0.2, 0.25) is 0 Å². The maximum atomic E-state index is 5.21. The Kier molecular flexibility index (Phi) is 4.42. The Hall–Kier alpha value is -0.860. The van der Waals surface area contributed by atoms with Crippen molar-refractivity contribution < 1.29 is 4.74 Å². The summed E-state index contributed by atoms with van der Waals surface area (Å²) in [4.78, 5) is 0. The average molecular weight is 273 g/mol. The number of rotatable bonds is 5. The molecule has 1 atom stereocenters. The fourth-order valence-electron chi connectivity index (χ4n) is 4.11. The molecule has 0 bridgehead atoms. The minimum Gasteiger partial charge on any atom is -0.380 e. The molecule has 0 heterocycles. The highest BCUT2D eigenvalue weighted by Gasteiger charge is 2.46. The number of nitrogens with one attached hydrogen (secondary N) is 1. The summed E-state index contributed by atoms with van der Waals surface area (Å²) in [6.07, 6.45) is 10.1. The summed E-state index contributed by atoms with van der Waals surface area (Å²) in [5.74, 6) is 0. The van der Waals surface area contributed by atoms with E-state index in [9.17, 15) is 0 Å². The summed E-state index contributed by atoms with van der Waals surface area (Å²) in [6, 6.07) is 9.52. The van der Waals surface area contributed by atoms with E-state index in [1.54, 1.807) is 7.11 Å².